The summed E-state index contributed by atoms with van der Waals surface area (Å²) in [6.07, 6.45) is 3.67. The predicted octanol–water partition coefficient (Wildman–Crippen LogP) is 3.27. The number of aromatic nitrogens is 4. The SMILES string of the molecule is CCCN(CCC)Cc1nc(-c2ncn3c2CN(C)C(=O)c2c(F)cccc2-3)no1. The van der Waals surface area contributed by atoms with Crippen molar-refractivity contribution in [3.05, 3.63) is 47.5 Å². The zero-order valence-corrected chi connectivity index (χ0v) is 17.4. The van der Waals surface area contributed by atoms with Gasteiger partial charge in [0.1, 0.15) is 17.8 Å². The van der Waals surface area contributed by atoms with Crippen LogP contribution in [0.15, 0.2) is 29.0 Å². The maximum atomic E-state index is 14.4. The van der Waals surface area contributed by atoms with Gasteiger partial charge in [0, 0.05) is 7.05 Å². The van der Waals surface area contributed by atoms with E-state index in [0.29, 0.717) is 35.3 Å². The Morgan fingerprint density at radius 2 is 2.00 bits per heavy atom. The number of rotatable bonds is 7. The average molecular weight is 412 g/mol. The first-order valence-corrected chi connectivity index (χ1v) is 10.2. The Bertz CT molecular complexity index is 1050. The zero-order chi connectivity index (χ0) is 21.3. The molecule has 0 aliphatic carbocycles. The maximum Gasteiger partial charge on any atom is 0.259 e. The van der Waals surface area contributed by atoms with Crippen LogP contribution in [0.3, 0.4) is 0 Å². The number of benzene rings is 1. The lowest BCUT2D eigenvalue weighted by molar-refractivity contribution is 0.0783. The Hall–Kier alpha value is -3.07. The predicted molar refractivity (Wildman–Crippen MR) is 108 cm³/mol. The van der Waals surface area contributed by atoms with E-state index < -0.39 is 5.82 Å². The second-order valence-electron chi connectivity index (χ2n) is 7.49. The number of fused-ring (bicyclic) bond motifs is 3. The number of hydrogen-bond acceptors (Lipinski definition) is 6. The van der Waals surface area contributed by atoms with Crippen molar-refractivity contribution in [1.82, 2.24) is 29.5 Å². The molecule has 30 heavy (non-hydrogen) atoms. The molecule has 1 aromatic carbocycles. The molecule has 4 rings (SSSR count). The molecule has 2 aromatic heterocycles. The first-order chi connectivity index (χ1) is 14.5. The van der Waals surface area contributed by atoms with Crippen molar-refractivity contribution in [3.63, 3.8) is 0 Å². The van der Waals surface area contributed by atoms with E-state index in [1.807, 2.05) is 0 Å². The molecule has 3 aromatic rings. The molecule has 0 bridgehead atoms. The molecule has 8 nitrogen and oxygen atoms in total. The first kappa shape index (κ1) is 20.2. The highest BCUT2D eigenvalue weighted by Gasteiger charge is 2.30. The average Bonchev–Trinajstić information content (AvgIpc) is 3.32. The minimum absolute atomic E-state index is 0.0336. The largest absolute Gasteiger partial charge is 0.337 e. The molecule has 0 fully saturated rings. The number of amides is 1. The highest BCUT2D eigenvalue weighted by Crippen LogP contribution is 2.30. The quantitative estimate of drug-likeness (QED) is 0.593. The Morgan fingerprint density at radius 1 is 1.23 bits per heavy atom. The van der Waals surface area contributed by atoms with E-state index in [9.17, 15) is 9.18 Å². The van der Waals surface area contributed by atoms with Crippen molar-refractivity contribution < 1.29 is 13.7 Å². The van der Waals surface area contributed by atoms with Gasteiger partial charge >= 0.3 is 0 Å². The van der Waals surface area contributed by atoms with Crippen LogP contribution in [-0.2, 0) is 13.1 Å². The molecule has 0 unspecified atom stereocenters. The summed E-state index contributed by atoms with van der Waals surface area (Å²) < 4.78 is 21.6. The fourth-order valence-electron chi connectivity index (χ4n) is 3.84. The molecule has 0 spiro atoms. The number of hydrogen-bond donors (Lipinski definition) is 0. The minimum atomic E-state index is -0.554. The van der Waals surface area contributed by atoms with Crippen molar-refractivity contribution in [3.8, 4) is 17.2 Å². The van der Waals surface area contributed by atoms with Crippen LogP contribution < -0.4 is 0 Å². The summed E-state index contributed by atoms with van der Waals surface area (Å²) in [6, 6.07) is 4.58. The van der Waals surface area contributed by atoms with Gasteiger partial charge in [-0.15, -0.1) is 0 Å². The summed E-state index contributed by atoms with van der Waals surface area (Å²) >= 11 is 0. The van der Waals surface area contributed by atoms with Gasteiger partial charge in [-0.1, -0.05) is 25.1 Å². The first-order valence-electron chi connectivity index (χ1n) is 10.2. The molecule has 9 heteroatoms. The summed E-state index contributed by atoms with van der Waals surface area (Å²) in [5, 5.41) is 4.12. The van der Waals surface area contributed by atoms with Gasteiger partial charge < -0.3 is 9.42 Å². The fourth-order valence-corrected chi connectivity index (χ4v) is 3.84. The minimum Gasteiger partial charge on any atom is -0.337 e. The van der Waals surface area contributed by atoms with Gasteiger partial charge in [0.15, 0.2) is 0 Å². The summed E-state index contributed by atoms with van der Waals surface area (Å²) in [7, 11) is 1.64. The normalized spacial score (nSPS) is 13.5. The van der Waals surface area contributed by atoms with Crippen LogP contribution in [-0.4, -0.2) is 55.5 Å². The van der Waals surface area contributed by atoms with E-state index in [1.165, 1.54) is 11.0 Å². The molecule has 158 valence electrons. The van der Waals surface area contributed by atoms with Crippen molar-refractivity contribution in [2.24, 2.45) is 0 Å². The van der Waals surface area contributed by atoms with Crippen LogP contribution in [0.1, 0.15) is 48.6 Å². The third-order valence-electron chi connectivity index (χ3n) is 5.18. The molecular formula is C21H25FN6O2. The third kappa shape index (κ3) is 3.60. The van der Waals surface area contributed by atoms with Gasteiger partial charge in [-0.05, 0) is 38.1 Å². The molecule has 0 atom stereocenters. The molecule has 1 aliphatic heterocycles. The molecule has 0 saturated carbocycles. The Morgan fingerprint density at radius 3 is 2.73 bits per heavy atom. The highest BCUT2D eigenvalue weighted by atomic mass is 19.1. The molecule has 1 aliphatic rings. The van der Waals surface area contributed by atoms with Crippen LogP contribution in [0, 0.1) is 5.82 Å². The molecular weight excluding hydrogens is 387 g/mol. The van der Waals surface area contributed by atoms with Crippen molar-refractivity contribution in [1.29, 1.82) is 0 Å². The highest BCUT2D eigenvalue weighted by molar-refractivity contribution is 5.98. The van der Waals surface area contributed by atoms with Gasteiger partial charge in [0.2, 0.25) is 11.7 Å². The number of carbonyl (C=O) groups excluding carboxylic acids is 1. The van der Waals surface area contributed by atoms with Crippen molar-refractivity contribution in [2.75, 3.05) is 20.1 Å². The molecule has 3 heterocycles. The molecule has 0 N–H and O–H groups in total. The Labute approximate surface area is 174 Å². The van der Waals surface area contributed by atoms with E-state index in [-0.39, 0.29) is 18.0 Å². The summed E-state index contributed by atoms with van der Waals surface area (Å²) in [5.74, 6) is -0.0342. The number of halogens is 1. The molecule has 1 amide bonds. The van der Waals surface area contributed by atoms with E-state index >= 15 is 0 Å². The standard InChI is InChI=1S/C21H25FN6O2/c1-4-9-27(10-5-2)12-17-24-20(25-30-17)19-16-11-26(3)21(29)18-14(22)7-6-8-15(18)28(16)13-23-19/h6-8,13H,4-5,9-12H2,1-3H3. The van der Waals surface area contributed by atoms with E-state index in [2.05, 4.69) is 33.9 Å². The smallest absolute Gasteiger partial charge is 0.259 e. The summed E-state index contributed by atoms with van der Waals surface area (Å²) in [4.78, 5) is 25.5. The van der Waals surface area contributed by atoms with Crippen LogP contribution in [0.5, 0.6) is 0 Å². The van der Waals surface area contributed by atoms with E-state index in [4.69, 9.17) is 4.52 Å². The van der Waals surface area contributed by atoms with Gasteiger partial charge in [-0.25, -0.2) is 9.37 Å². The van der Waals surface area contributed by atoms with Gasteiger partial charge in [-0.3, -0.25) is 14.3 Å². The maximum absolute atomic E-state index is 14.4. The van der Waals surface area contributed by atoms with Gasteiger partial charge in [0.05, 0.1) is 30.0 Å². The Balaban J connectivity index is 1.70. The van der Waals surface area contributed by atoms with Crippen molar-refractivity contribution >= 4 is 5.91 Å². The van der Waals surface area contributed by atoms with Crippen LogP contribution in [0.25, 0.3) is 17.2 Å². The summed E-state index contributed by atoms with van der Waals surface area (Å²) in [6.45, 7) is 7.03. The number of nitrogens with zero attached hydrogens (tertiary/aromatic N) is 6. The van der Waals surface area contributed by atoms with Crippen LogP contribution in [0.4, 0.5) is 4.39 Å². The molecule has 0 radical (unpaired) electrons. The van der Waals surface area contributed by atoms with Crippen LogP contribution in [0.2, 0.25) is 0 Å². The lowest BCUT2D eigenvalue weighted by Gasteiger charge is -2.18. The van der Waals surface area contributed by atoms with Gasteiger partial charge in [0.25, 0.3) is 5.91 Å². The fraction of sp³-hybridized carbons (Fsp3) is 0.429. The zero-order valence-electron chi connectivity index (χ0n) is 17.4. The summed E-state index contributed by atoms with van der Waals surface area (Å²) in [5.41, 5.74) is 1.73. The van der Waals surface area contributed by atoms with Crippen LogP contribution >= 0.6 is 0 Å². The third-order valence-corrected chi connectivity index (χ3v) is 5.18. The monoisotopic (exact) mass is 412 g/mol. The van der Waals surface area contributed by atoms with E-state index in [0.717, 1.165) is 25.9 Å². The number of carbonyl (C=O) groups is 1. The van der Waals surface area contributed by atoms with Crippen molar-refractivity contribution in [2.45, 2.75) is 39.8 Å². The molecule has 0 saturated heterocycles. The second kappa shape index (κ2) is 8.35. The Kier molecular flexibility index (Phi) is 5.63. The lowest BCUT2D eigenvalue weighted by atomic mass is 10.1. The topological polar surface area (TPSA) is 80.3 Å². The lowest BCUT2D eigenvalue weighted by Crippen LogP contribution is -2.26. The number of imidazole rings is 1. The second-order valence-corrected chi connectivity index (χ2v) is 7.49. The van der Waals surface area contributed by atoms with Gasteiger partial charge in [-0.2, -0.15) is 4.98 Å². The van der Waals surface area contributed by atoms with E-state index in [1.54, 1.807) is 30.1 Å².